The molecule has 45 heavy (non-hydrogen) atoms. The van der Waals surface area contributed by atoms with E-state index in [0.717, 1.165) is 25.2 Å². The van der Waals surface area contributed by atoms with E-state index in [9.17, 15) is 14.4 Å². The largest absolute Gasteiger partial charge is 0.493 e. The SMILES string of the molecule is COc1ccc(CCc2nc3ccccc3c(=O)n2CCN2C(=O)c3ccc(OCCN4CCOCC4)cc3C2=O)cc1OC. The van der Waals surface area contributed by atoms with Gasteiger partial charge in [0.25, 0.3) is 17.4 Å². The van der Waals surface area contributed by atoms with Crippen LogP contribution in [-0.2, 0) is 24.1 Å². The van der Waals surface area contributed by atoms with E-state index in [-0.39, 0.29) is 24.6 Å². The van der Waals surface area contributed by atoms with Gasteiger partial charge in [-0.3, -0.25) is 28.8 Å². The highest BCUT2D eigenvalue weighted by atomic mass is 16.5. The fourth-order valence-electron chi connectivity index (χ4n) is 5.81. The lowest BCUT2D eigenvalue weighted by Crippen LogP contribution is -2.38. The first kappa shape index (κ1) is 30.3. The van der Waals surface area contributed by atoms with Crippen molar-refractivity contribution < 1.29 is 28.5 Å². The Hall–Kier alpha value is -4.74. The summed E-state index contributed by atoms with van der Waals surface area (Å²) in [5.74, 6) is 1.58. The van der Waals surface area contributed by atoms with Gasteiger partial charge in [0, 0.05) is 39.1 Å². The minimum absolute atomic E-state index is 0.0306. The highest BCUT2D eigenvalue weighted by molar-refractivity contribution is 6.21. The van der Waals surface area contributed by atoms with E-state index in [4.69, 9.17) is 23.9 Å². The van der Waals surface area contributed by atoms with Crippen LogP contribution in [0.3, 0.4) is 0 Å². The van der Waals surface area contributed by atoms with Crippen LogP contribution in [0.15, 0.2) is 65.5 Å². The van der Waals surface area contributed by atoms with E-state index in [1.54, 1.807) is 49.1 Å². The third-order valence-corrected chi connectivity index (χ3v) is 8.30. The van der Waals surface area contributed by atoms with E-state index in [2.05, 4.69) is 4.90 Å². The van der Waals surface area contributed by atoms with Gasteiger partial charge in [-0.25, -0.2) is 4.98 Å². The number of aryl methyl sites for hydroxylation is 2. The van der Waals surface area contributed by atoms with E-state index in [0.29, 0.717) is 77.8 Å². The third-order valence-electron chi connectivity index (χ3n) is 8.30. The highest BCUT2D eigenvalue weighted by Gasteiger charge is 2.35. The number of morpholine rings is 1. The molecule has 0 atom stereocenters. The Bertz CT molecular complexity index is 1780. The number of imide groups is 1. The maximum atomic E-state index is 13.7. The predicted octanol–water partition coefficient (Wildman–Crippen LogP) is 3.21. The van der Waals surface area contributed by atoms with Crippen molar-refractivity contribution in [3.05, 3.63) is 93.5 Å². The molecule has 0 unspecified atom stereocenters. The lowest BCUT2D eigenvalue weighted by atomic mass is 10.1. The molecule has 2 aliphatic heterocycles. The van der Waals surface area contributed by atoms with Crippen molar-refractivity contribution in [3.8, 4) is 17.2 Å². The zero-order valence-electron chi connectivity index (χ0n) is 25.5. The molecular weight excluding hydrogens is 576 g/mol. The molecule has 11 nitrogen and oxygen atoms in total. The Morgan fingerprint density at radius 1 is 0.800 bits per heavy atom. The second kappa shape index (κ2) is 13.5. The molecule has 3 aromatic carbocycles. The Morgan fingerprint density at radius 3 is 2.38 bits per heavy atom. The number of nitrogens with zero attached hydrogens (tertiary/aromatic N) is 4. The highest BCUT2D eigenvalue weighted by Crippen LogP contribution is 2.29. The number of methoxy groups -OCH3 is 2. The molecule has 0 saturated carbocycles. The van der Waals surface area contributed by atoms with Crippen LogP contribution in [0.5, 0.6) is 17.2 Å². The quantitative estimate of drug-likeness (QED) is 0.223. The Morgan fingerprint density at radius 2 is 1.58 bits per heavy atom. The Labute approximate surface area is 260 Å². The molecule has 0 aliphatic carbocycles. The maximum Gasteiger partial charge on any atom is 0.261 e. The Kier molecular flexibility index (Phi) is 9.08. The van der Waals surface area contributed by atoms with Crippen molar-refractivity contribution in [3.63, 3.8) is 0 Å². The molecule has 2 aliphatic rings. The van der Waals surface area contributed by atoms with Gasteiger partial charge in [-0.2, -0.15) is 0 Å². The van der Waals surface area contributed by atoms with Gasteiger partial charge < -0.3 is 18.9 Å². The summed E-state index contributed by atoms with van der Waals surface area (Å²) in [6.45, 7) is 4.52. The zero-order valence-corrected chi connectivity index (χ0v) is 25.5. The van der Waals surface area contributed by atoms with Gasteiger partial charge in [0.15, 0.2) is 11.5 Å². The lowest BCUT2D eigenvalue weighted by Gasteiger charge is -2.26. The predicted molar refractivity (Wildman–Crippen MR) is 168 cm³/mol. The molecule has 1 aromatic heterocycles. The molecule has 1 fully saturated rings. The van der Waals surface area contributed by atoms with E-state index in [1.807, 2.05) is 30.3 Å². The van der Waals surface area contributed by atoms with Crippen LogP contribution >= 0.6 is 0 Å². The molecule has 2 amide bonds. The van der Waals surface area contributed by atoms with E-state index < -0.39 is 5.91 Å². The number of para-hydroxylation sites is 1. The van der Waals surface area contributed by atoms with Gasteiger partial charge in [0.2, 0.25) is 0 Å². The molecule has 0 radical (unpaired) electrons. The van der Waals surface area contributed by atoms with Crippen molar-refractivity contribution >= 4 is 22.7 Å². The van der Waals surface area contributed by atoms with Crippen molar-refractivity contribution in [2.45, 2.75) is 19.4 Å². The number of ether oxygens (including phenoxy) is 4. The van der Waals surface area contributed by atoms with Gasteiger partial charge in [-0.15, -0.1) is 0 Å². The van der Waals surface area contributed by atoms with Crippen molar-refractivity contribution in [2.75, 3.05) is 60.2 Å². The summed E-state index contributed by atoms with van der Waals surface area (Å²) in [6, 6.07) is 17.9. The molecule has 0 bridgehead atoms. The summed E-state index contributed by atoms with van der Waals surface area (Å²) in [7, 11) is 3.17. The van der Waals surface area contributed by atoms with E-state index >= 15 is 0 Å². The number of benzene rings is 3. The topological polar surface area (TPSA) is 112 Å². The normalized spacial score (nSPS) is 15.0. The molecule has 0 N–H and O–H groups in total. The van der Waals surface area contributed by atoms with Gasteiger partial charge in [0.1, 0.15) is 18.2 Å². The van der Waals surface area contributed by atoms with Crippen LogP contribution in [0.25, 0.3) is 10.9 Å². The van der Waals surface area contributed by atoms with Gasteiger partial charge in [0.05, 0.1) is 49.5 Å². The summed E-state index contributed by atoms with van der Waals surface area (Å²) >= 11 is 0. The Balaban J connectivity index is 1.18. The van der Waals surface area contributed by atoms with Gasteiger partial charge in [-0.1, -0.05) is 18.2 Å². The van der Waals surface area contributed by atoms with Gasteiger partial charge >= 0.3 is 0 Å². The summed E-state index contributed by atoms with van der Waals surface area (Å²) in [5.41, 5.74) is 2.02. The summed E-state index contributed by atoms with van der Waals surface area (Å²) in [4.78, 5) is 48.6. The fraction of sp³-hybridized carbons (Fsp3) is 0.353. The molecular formula is C34H36N4O7. The number of rotatable bonds is 12. The van der Waals surface area contributed by atoms with Crippen molar-refractivity contribution in [1.29, 1.82) is 0 Å². The first-order valence-corrected chi connectivity index (χ1v) is 15.1. The van der Waals surface area contributed by atoms with Crippen LogP contribution in [-0.4, -0.2) is 91.4 Å². The maximum absolute atomic E-state index is 13.7. The van der Waals surface area contributed by atoms with Gasteiger partial charge in [-0.05, 0) is 54.4 Å². The smallest absolute Gasteiger partial charge is 0.261 e. The van der Waals surface area contributed by atoms with Crippen LogP contribution in [0.2, 0.25) is 0 Å². The summed E-state index contributed by atoms with van der Waals surface area (Å²) in [5, 5.41) is 0.480. The molecule has 11 heteroatoms. The first-order chi connectivity index (χ1) is 22.0. The number of carbonyl (C=O) groups excluding carboxylic acids is 2. The standard InChI is InChI=1S/C34H36N4O7/c1-42-29-11-7-23(21-30(29)43-2)8-12-31-35-28-6-4-3-5-26(28)33(40)37(31)13-14-38-32(39)25-10-9-24(22-27(25)34(38)41)45-20-17-36-15-18-44-19-16-36/h3-7,9-11,21-22H,8,12-20H2,1-2H3. The molecule has 1 saturated heterocycles. The molecule has 6 rings (SSSR count). The molecule has 4 aromatic rings. The minimum atomic E-state index is -0.401. The summed E-state index contributed by atoms with van der Waals surface area (Å²) < 4.78 is 23.7. The second-order valence-corrected chi connectivity index (χ2v) is 11.0. The van der Waals surface area contributed by atoms with E-state index in [1.165, 1.54) is 4.90 Å². The average Bonchev–Trinajstić information content (AvgIpc) is 3.31. The van der Waals surface area contributed by atoms with Crippen LogP contribution in [0.4, 0.5) is 0 Å². The fourth-order valence-corrected chi connectivity index (χ4v) is 5.81. The summed E-state index contributed by atoms with van der Waals surface area (Å²) in [6.07, 6.45) is 1.05. The molecule has 0 spiro atoms. The lowest BCUT2D eigenvalue weighted by molar-refractivity contribution is 0.0322. The third kappa shape index (κ3) is 6.40. The number of carbonyl (C=O) groups is 2. The molecule has 234 valence electrons. The van der Waals surface area contributed by atoms with Crippen LogP contribution in [0.1, 0.15) is 32.1 Å². The van der Waals surface area contributed by atoms with Crippen molar-refractivity contribution in [1.82, 2.24) is 19.4 Å². The van der Waals surface area contributed by atoms with Crippen molar-refractivity contribution in [2.24, 2.45) is 0 Å². The monoisotopic (exact) mass is 612 g/mol. The average molecular weight is 613 g/mol. The minimum Gasteiger partial charge on any atom is -0.493 e. The number of amides is 2. The van der Waals surface area contributed by atoms with Crippen LogP contribution < -0.4 is 19.8 Å². The number of aromatic nitrogens is 2. The first-order valence-electron chi connectivity index (χ1n) is 15.1. The number of fused-ring (bicyclic) bond motifs is 2. The number of hydrogen-bond donors (Lipinski definition) is 0. The molecule has 3 heterocycles. The number of hydrogen-bond acceptors (Lipinski definition) is 9. The zero-order chi connectivity index (χ0) is 31.3. The second-order valence-electron chi connectivity index (χ2n) is 11.0. The van der Waals surface area contributed by atoms with Crippen LogP contribution in [0, 0.1) is 0 Å².